The van der Waals surface area contributed by atoms with Crippen molar-refractivity contribution in [2.24, 2.45) is 0 Å². The number of ether oxygens (including phenoxy) is 1. The highest BCUT2D eigenvalue weighted by Gasteiger charge is 2.15. The molecule has 0 radical (unpaired) electrons. The van der Waals surface area contributed by atoms with Crippen molar-refractivity contribution >= 4 is 22.8 Å². The number of nitrogens with one attached hydrogen (secondary N) is 2. The average molecular weight is 314 g/mol. The zero-order valence-electron chi connectivity index (χ0n) is 13.7. The summed E-state index contributed by atoms with van der Waals surface area (Å²) >= 11 is 0. The second-order valence-corrected chi connectivity index (χ2v) is 6.21. The van der Waals surface area contributed by atoms with Crippen LogP contribution in [-0.2, 0) is 4.74 Å². The lowest BCUT2D eigenvalue weighted by Crippen LogP contribution is -2.37. The molecule has 0 heterocycles. The fourth-order valence-corrected chi connectivity index (χ4v) is 2.17. The van der Waals surface area contributed by atoms with E-state index in [9.17, 15) is 9.59 Å². The summed E-state index contributed by atoms with van der Waals surface area (Å²) in [7, 11) is 0. The molecule has 0 fully saturated rings. The summed E-state index contributed by atoms with van der Waals surface area (Å²) in [6, 6.07) is 13.3. The lowest BCUT2D eigenvalue weighted by Gasteiger charge is -2.19. The van der Waals surface area contributed by atoms with E-state index in [0.29, 0.717) is 18.7 Å². The third-order valence-corrected chi connectivity index (χ3v) is 3.11. The van der Waals surface area contributed by atoms with E-state index in [1.807, 2.05) is 36.4 Å². The predicted molar refractivity (Wildman–Crippen MR) is 90.5 cm³/mol. The summed E-state index contributed by atoms with van der Waals surface area (Å²) in [5.74, 6) is -0.159. The van der Waals surface area contributed by atoms with E-state index in [2.05, 4.69) is 10.6 Å². The molecule has 0 aliphatic carbocycles. The smallest absolute Gasteiger partial charge is 0.407 e. The van der Waals surface area contributed by atoms with Crippen LogP contribution >= 0.6 is 0 Å². The molecule has 2 N–H and O–H groups in total. The number of hydrogen-bond donors (Lipinski definition) is 2. The van der Waals surface area contributed by atoms with Crippen molar-refractivity contribution in [3.8, 4) is 0 Å². The van der Waals surface area contributed by atoms with Crippen molar-refractivity contribution in [2.45, 2.75) is 26.4 Å². The number of amides is 2. The minimum atomic E-state index is -0.531. The monoisotopic (exact) mass is 314 g/mol. The topological polar surface area (TPSA) is 67.4 Å². The number of rotatable bonds is 4. The Hall–Kier alpha value is -2.56. The van der Waals surface area contributed by atoms with Crippen molar-refractivity contribution in [1.29, 1.82) is 0 Å². The molecule has 0 spiro atoms. The van der Waals surface area contributed by atoms with Crippen LogP contribution in [0, 0.1) is 0 Å². The second kappa shape index (κ2) is 7.13. The standard InChI is InChI=1S/C18H22N2O3/c1-18(2,3)23-17(22)20-12-11-19-16(21)15-10-6-8-13-7-4-5-9-14(13)15/h4-10H,11-12H2,1-3H3,(H,19,21)(H,20,22). The summed E-state index contributed by atoms with van der Waals surface area (Å²) in [6.45, 7) is 6.05. The normalized spacial score (nSPS) is 11.1. The molecule has 2 aromatic rings. The molecular weight excluding hydrogens is 292 g/mol. The van der Waals surface area contributed by atoms with E-state index in [0.717, 1.165) is 10.8 Å². The van der Waals surface area contributed by atoms with Crippen LogP contribution in [-0.4, -0.2) is 30.7 Å². The molecule has 2 rings (SSSR count). The lowest BCUT2D eigenvalue weighted by atomic mass is 10.0. The molecule has 2 amide bonds. The summed E-state index contributed by atoms with van der Waals surface area (Å²) in [5.41, 5.74) is 0.0939. The van der Waals surface area contributed by atoms with Gasteiger partial charge >= 0.3 is 6.09 Å². The van der Waals surface area contributed by atoms with Gasteiger partial charge in [-0.3, -0.25) is 4.79 Å². The number of carbonyl (C=O) groups is 2. The van der Waals surface area contributed by atoms with Crippen molar-refractivity contribution in [2.75, 3.05) is 13.1 Å². The SMILES string of the molecule is CC(C)(C)OC(=O)NCCNC(=O)c1cccc2ccccc12. The van der Waals surface area contributed by atoms with Crippen molar-refractivity contribution < 1.29 is 14.3 Å². The first kappa shape index (κ1) is 16.8. The maximum absolute atomic E-state index is 12.3. The molecule has 0 unspecified atom stereocenters. The third kappa shape index (κ3) is 4.98. The van der Waals surface area contributed by atoms with Crippen LogP contribution in [0.4, 0.5) is 4.79 Å². The van der Waals surface area contributed by atoms with Gasteiger partial charge in [-0.1, -0.05) is 36.4 Å². The number of alkyl carbamates (subject to hydrolysis) is 1. The Balaban J connectivity index is 1.87. The molecule has 0 saturated carbocycles. The summed E-state index contributed by atoms with van der Waals surface area (Å²) in [5, 5.41) is 7.34. The van der Waals surface area contributed by atoms with E-state index >= 15 is 0 Å². The maximum atomic E-state index is 12.3. The zero-order chi connectivity index (χ0) is 16.9. The van der Waals surface area contributed by atoms with Gasteiger partial charge in [0.25, 0.3) is 5.91 Å². The van der Waals surface area contributed by atoms with E-state index in [1.165, 1.54) is 0 Å². The van der Waals surface area contributed by atoms with Gasteiger partial charge in [0.1, 0.15) is 5.60 Å². The van der Waals surface area contributed by atoms with Crippen LogP contribution in [0.5, 0.6) is 0 Å². The highest BCUT2D eigenvalue weighted by Crippen LogP contribution is 2.18. The molecule has 2 aromatic carbocycles. The Morgan fingerprint density at radius 3 is 2.35 bits per heavy atom. The third-order valence-electron chi connectivity index (χ3n) is 3.11. The van der Waals surface area contributed by atoms with Crippen LogP contribution in [0.3, 0.4) is 0 Å². The fourth-order valence-electron chi connectivity index (χ4n) is 2.17. The van der Waals surface area contributed by atoms with E-state index < -0.39 is 11.7 Å². The lowest BCUT2D eigenvalue weighted by molar-refractivity contribution is 0.0526. The molecule has 5 heteroatoms. The van der Waals surface area contributed by atoms with Gasteiger partial charge in [-0.25, -0.2) is 4.79 Å². The van der Waals surface area contributed by atoms with Crippen molar-refractivity contribution in [3.63, 3.8) is 0 Å². The minimum absolute atomic E-state index is 0.159. The first-order valence-corrected chi connectivity index (χ1v) is 7.59. The number of fused-ring (bicyclic) bond motifs is 1. The van der Waals surface area contributed by atoms with Crippen LogP contribution < -0.4 is 10.6 Å². The Morgan fingerprint density at radius 1 is 0.957 bits per heavy atom. The van der Waals surface area contributed by atoms with Crippen LogP contribution in [0.1, 0.15) is 31.1 Å². The van der Waals surface area contributed by atoms with Gasteiger partial charge in [0.15, 0.2) is 0 Å². The van der Waals surface area contributed by atoms with Crippen LogP contribution in [0.25, 0.3) is 10.8 Å². The Bertz CT molecular complexity index is 699. The number of hydrogen-bond acceptors (Lipinski definition) is 3. The molecule has 0 atom stereocenters. The average Bonchev–Trinajstić information content (AvgIpc) is 2.49. The summed E-state index contributed by atoms with van der Waals surface area (Å²) < 4.78 is 5.12. The second-order valence-electron chi connectivity index (χ2n) is 6.21. The molecule has 5 nitrogen and oxygen atoms in total. The molecule has 122 valence electrons. The number of carbonyl (C=O) groups excluding carboxylic acids is 2. The van der Waals surface area contributed by atoms with Gasteiger partial charge in [0.05, 0.1) is 0 Å². The zero-order valence-corrected chi connectivity index (χ0v) is 13.7. The van der Waals surface area contributed by atoms with Gasteiger partial charge in [-0.05, 0) is 37.6 Å². The molecule has 0 aliphatic heterocycles. The van der Waals surface area contributed by atoms with Gasteiger partial charge < -0.3 is 15.4 Å². The van der Waals surface area contributed by atoms with Gasteiger partial charge in [-0.2, -0.15) is 0 Å². The predicted octanol–water partition coefficient (Wildman–Crippen LogP) is 3.09. The van der Waals surface area contributed by atoms with Gasteiger partial charge in [0.2, 0.25) is 0 Å². The highest BCUT2D eigenvalue weighted by molar-refractivity contribution is 6.06. The molecule has 0 aliphatic rings. The van der Waals surface area contributed by atoms with E-state index in [-0.39, 0.29) is 5.91 Å². The molecule has 0 saturated heterocycles. The fraction of sp³-hybridized carbons (Fsp3) is 0.333. The van der Waals surface area contributed by atoms with Crippen LogP contribution in [0.15, 0.2) is 42.5 Å². The largest absolute Gasteiger partial charge is 0.444 e. The summed E-state index contributed by atoms with van der Waals surface area (Å²) in [4.78, 5) is 23.8. The Labute approximate surface area is 136 Å². The quantitative estimate of drug-likeness (QED) is 0.852. The summed E-state index contributed by atoms with van der Waals surface area (Å²) in [6.07, 6.45) is -0.489. The minimum Gasteiger partial charge on any atom is -0.444 e. The van der Waals surface area contributed by atoms with Gasteiger partial charge in [0, 0.05) is 18.7 Å². The number of benzene rings is 2. The first-order chi connectivity index (χ1) is 10.9. The molecular formula is C18H22N2O3. The van der Waals surface area contributed by atoms with E-state index in [1.54, 1.807) is 26.8 Å². The first-order valence-electron chi connectivity index (χ1n) is 7.59. The van der Waals surface area contributed by atoms with Gasteiger partial charge in [-0.15, -0.1) is 0 Å². The Morgan fingerprint density at radius 2 is 1.61 bits per heavy atom. The van der Waals surface area contributed by atoms with E-state index in [4.69, 9.17) is 4.74 Å². The highest BCUT2D eigenvalue weighted by atomic mass is 16.6. The van der Waals surface area contributed by atoms with Crippen LogP contribution in [0.2, 0.25) is 0 Å². The Kier molecular flexibility index (Phi) is 5.21. The molecule has 0 bridgehead atoms. The maximum Gasteiger partial charge on any atom is 0.407 e. The molecule has 0 aromatic heterocycles. The van der Waals surface area contributed by atoms with Crippen molar-refractivity contribution in [3.05, 3.63) is 48.0 Å². The molecule has 23 heavy (non-hydrogen) atoms. The van der Waals surface area contributed by atoms with Crippen molar-refractivity contribution in [1.82, 2.24) is 10.6 Å².